The van der Waals surface area contributed by atoms with Crippen LogP contribution in [0.2, 0.25) is 0 Å². The minimum absolute atomic E-state index is 0.374. The molecule has 0 spiro atoms. The monoisotopic (exact) mass is 395 g/mol. The molecule has 0 aliphatic carbocycles. The van der Waals surface area contributed by atoms with Crippen molar-refractivity contribution in [3.05, 3.63) is 75.6 Å². The van der Waals surface area contributed by atoms with Crippen LogP contribution in [0.15, 0.2) is 57.7 Å². The molecule has 0 radical (unpaired) electrons. The molecule has 1 amide bonds. The van der Waals surface area contributed by atoms with E-state index in [2.05, 4.69) is 5.32 Å². The van der Waals surface area contributed by atoms with Gasteiger partial charge in [-0.1, -0.05) is 37.3 Å². The maximum absolute atomic E-state index is 12.3. The number of ether oxygens (including phenoxy) is 1. The molecule has 0 saturated heterocycles. The van der Waals surface area contributed by atoms with Gasteiger partial charge in [0.2, 0.25) is 0 Å². The van der Waals surface area contributed by atoms with E-state index >= 15 is 0 Å². The Hall–Kier alpha value is -3.61. The zero-order valence-electron chi connectivity index (χ0n) is 16.1. The average Bonchev–Trinajstić information content (AvgIpc) is 2.71. The van der Waals surface area contributed by atoms with Gasteiger partial charge >= 0.3 is 11.6 Å². The minimum Gasteiger partial charge on any atom is -0.483 e. The fraction of sp³-hybridized carbons (Fsp3) is 0.227. The van der Waals surface area contributed by atoms with E-state index in [1.54, 1.807) is 49.4 Å². The van der Waals surface area contributed by atoms with Gasteiger partial charge in [-0.25, -0.2) is 9.59 Å². The number of aryl methyl sites for hydroxylation is 2. The first-order chi connectivity index (χ1) is 13.9. The minimum atomic E-state index is -1.17. The lowest BCUT2D eigenvalue weighted by Crippen LogP contribution is -2.36. The fourth-order valence-corrected chi connectivity index (χ4v) is 3.14. The summed E-state index contributed by atoms with van der Waals surface area (Å²) < 4.78 is 10.9. The highest BCUT2D eigenvalue weighted by Crippen LogP contribution is 2.28. The van der Waals surface area contributed by atoms with E-state index in [1.807, 2.05) is 6.92 Å². The first-order valence-corrected chi connectivity index (χ1v) is 9.17. The number of amides is 1. The van der Waals surface area contributed by atoms with Gasteiger partial charge in [0.05, 0.1) is 0 Å². The largest absolute Gasteiger partial charge is 0.483 e. The van der Waals surface area contributed by atoms with Gasteiger partial charge in [0.25, 0.3) is 5.91 Å². The number of hydrogen-bond donors (Lipinski definition) is 2. The van der Waals surface area contributed by atoms with Crippen LogP contribution in [0.4, 0.5) is 0 Å². The standard InChI is InChI=1S/C22H21NO6/c1-3-14-11-19(25)29-21-13(2)17(10-9-16(14)21)28-12-18(24)23-20(22(26)27)15-7-5-4-6-8-15/h4-11,20H,3,12H2,1-2H3,(H,23,24)(H,26,27). The summed E-state index contributed by atoms with van der Waals surface area (Å²) in [5.41, 5.74) is 1.90. The number of carboxylic acids is 1. The van der Waals surface area contributed by atoms with Crippen molar-refractivity contribution in [2.75, 3.05) is 6.61 Å². The molecule has 1 heterocycles. The van der Waals surface area contributed by atoms with Crippen LogP contribution in [0.1, 0.15) is 29.7 Å². The molecule has 0 aliphatic rings. The second kappa shape index (κ2) is 8.60. The quantitative estimate of drug-likeness (QED) is 0.596. The highest BCUT2D eigenvalue weighted by molar-refractivity contribution is 5.86. The summed E-state index contributed by atoms with van der Waals surface area (Å²) in [5, 5.41) is 12.7. The van der Waals surface area contributed by atoms with Crippen LogP contribution in [0.25, 0.3) is 11.0 Å². The van der Waals surface area contributed by atoms with Crippen LogP contribution >= 0.6 is 0 Å². The molecule has 0 aliphatic heterocycles. The third-order valence-electron chi connectivity index (χ3n) is 4.62. The molecule has 1 unspecified atom stereocenters. The van der Waals surface area contributed by atoms with Gasteiger partial charge in [0.1, 0.15) is 11.3 Å². The summed E-state index contributed by atoms with van der Waals surface area (Å²) >= 11 is 0. The van der Waals surface area contributed by atoms with Crippen LogP contribution in [0.3, 0.4) is 0 Å². The smallest absolute Gasteiger partial charge is 0.336 e. The second-order valence-corrected chi connectivity index (χ2v) is 6.55. The molecule has 2 aromatic carbocycles. The van der Waals surface area contributed by atoms with Crippen molar-refractivity contribution in [3.8, 4) is 5.75 Å². The molecule has 7 heteroatoms. The normalized spacial score (nSPS) is 11.8. The van der Waals surface area contributed by atoms with Gasteiger partial charge in [-0.05, 0) is 36.6 Å². The van der Waals surface area contributed by atoms with Crippen molar-refractivity contribution in [2.45, 2.75) is 26.3 Å². The number of rotatable bonds is 7. The maximum atomic E-state index is 12.3. The first-order valence-electron chi connectivity index (χ1n) is 9.17. The number of aliphatic carboxylic acids is 1. The number of nitrogens with one attached hydrogen (secondary N) is 1. The van der Waals surface area contributed by atoms with Gasteiger partial charge in [0.15, 0.2) is 12.6 Å². The molecule has 3 aromatic rings. The highest BCUT2D eigenvalue weighted by Gasteiger charge is 2.22. The van der Waals surface area contributed by atoms with Gasteiger partial charge in [-0.15, -0.1) is 0 Å². The van der Waals surface area contributed by atoms with Crippen molar-refractivity contribution in [3.63, 3.8) is 0 Å². The Kier molecular flexibility index (Phi) is 5.97. The number of carbonyl (C=O) groups excluding carboxylic acids is 1. The van der Waals surface area contributed by atoms with Crippen LogP contribution in [0, 0.1) is 6.92 Å². The lowest BCUT2D eigenvalue weighted by atomic mass is 10.0. The van der Waals surface area contributed by atoms with Crippen molar-refractivity contribution in [1.29, 1.82) is 0 Å². The van der Waals surface area contributed by atoms with Crippen LogP contribution in [-0.4, -0.2) is 23.6 Å². The van der Waals surface area contributed by atoms with E-state index in [4.69, 9.17) is 9.15 Å². The second-order valence-electron chi connectivity index (χ2n) is 6.55. The summed E-state index contributed by atoms with van der Waals surface area (Å²) in [6, 6.07) is 12.2. The molecule has 0 bridgehead atoms. The molecule has 150 valence electrons. The molecular weight excluding hydrogens is 374 g/mol. The fourth-order valence-electron chi connectivity index (χ4n) is 3.14. The van der Waals surface area contributed by atoms with Crippen LogP contribution in [0.5, 0.6) is 5.75 Å². The number of carboxylic acid groups (broad SMARTS) is 1. The Morgan fingerprint density at radius 2 is 1.90 bits per heavy atom. The van der Waals surface area contributed by atoms with E-state index < -0.39 is 23.5 Å². The van der Waals surface area contributed by atoms with Gasteiger partial charge in [-0.2, -0.15) is 0 Å². The topological polar surface area (TPSA) is 106 Å². The molecule has 3 rings (SSSR count). The summed E-state index contributed by atoms with van der Waals surface area (Å²) in [6.07, 6.45) is 0.681. The summed E-state index contributed by atoms with van der Waals surface area (Å²) in [5.74, 6) is -1.36. The van der Waals surface area contributed by atoms with E-state index in [9.17, 15) is 19.5 Å². The molecule has 0 saturated carbocycles. The van der Waals surface area contributed by atoms with Crippen LogP contribution < -0.4 is 15.7 Å². The highest BCUT2D eigenvalue weighted by atomic mass is 16.5. The zero-order valence-corrected chi connectivity index (χ0v) is 16.1. The Labute approximate surface area is 166 Å². The van der Waals surface area contributed by atoms with E-state index in [0.29, 0.717) is 28.9 Å². The summed E-state index contributed by atoms with van der Waals surface area (Å²) in [7, 11) is 0. The zero-order chi connectivity index (χ0) is 21.0. The Balaban J connectivity index is 1.76. The predicted octanol–water partition coefficient (Wildman–Crippen LogP) is 2.98. The molecule has 2 N–H and O–H groups in total. The SMILES string of the molecule is CCc1cc(=O)oc2c(C)c(OCC(=O)NC(C(=O)O)c3ccccc3)ccc12. The van der Waals surface area contributed by atoms with E-state index in [-0.39, 0.29) is 6.61 Å². The Morgan fingerprint density at radius 3 is 2.55 bits per heavy atom. The number of carbonyl (C=O) groups is 2. The molecule has 0 fully saturated rings. The molecular formula is C22H21NO6. The molecule has 1 atom stereocenters. The number of benzene rings is 2. The van der Waals surface area contributed by atoms with Crippen molar-refractivity contribution >= 4 is 22.8 Å². The average molecular weight is 395 g/mol. The first kappa shape index (κ1) is 20.1. The lowest BCUT2D eigenvalue weighted by molar-refractivity contribution is -0.142. The van der Waals surface area contributed by atoms with Crippen LogP contribution in [-0.2, 0) is 16.0 Å². The van der Waals surface area contributed by atoms with Crippen molar-refractivity contribution < 1.29 is 23.8 Å². The summed E-state index contributed by atoms with van der Waals surface area (Å²) in [6.45, 7) is 3.31. The third kappa shape index (κ3) is 4.45. The Bertz CT molecular complexity index is 1100. The van der Waals surface area contributed by atoms with Crippen molar-refractivity contribution in [1.82, 2.24) is 5.32 Å². The van der Waals surface area contributed by atoms with E-state index in [1.165, 1.54) is 6.07 Å². The van der Waals surface area contributed by atoms with E-state index in [0.717, 1.165) is 10.9 Å². The molecule has 29 heavy (non-hydrogen) atoms. The Morgan fingerprint density at radius 1 is 1.17 bits per heavy atom. The summed E-state index contributed by atoms with van der Waals surface area (Å²) in [4.78, 5) is 35.6. The third-order valence-corrected chi connectivity index (χ3v) is 4.62. The number of fused-ring (bicyclic) bond motifs is 1. The van der Waals surface area contributed by atoms with Gasteiger partial charge in [-0.3, -0.25) is 4.79 Å². The molecule has 7 nitrogen and oxygen atoms in total. The lowest BCUT2D eigenvalue weighted by Gasteiger charge is -2.16. The number of hydrogen-bond acceptors (Lipinski definition) is 5. The molecule has 1 aromatic heterocycles. The van der Waals surface area contributed by atoms with Gasteiger partial charge < -0.3 is 19.6 Å². The van der Waals surface area contributed by atoms with Gasteiger partial charge in [0, 0.05) is 17.0 Å². The maximum Gasteiger partial charge on any atom is 0.336 e. The predicted molar refractivity (Wildman–Crippen MR) is 107 cm³/mol. The van der Waals surface area contributed by atoms with Crippen molar-refractivity contribution in [2.24, 2.45) is 0 Å².